The van der Waals surface area contributed by atoms with Gasteiger partial charge in [-0.15, -0.1) is 16.8 Å². The van der Waals surface area contributed by atoms with E-state index in [-0.39, 0.29) is 18.3 Å². The van der Waals surface area contributed by atoms with Crippen molar-refractivity contribution in [2.24, 2.45) is 0 Å². The molecule has 0 saturated heterocycles. The van der Waals surface area contributed by atoms with E-state index in [1.54, 1.807) is 24.3 Å². The molecule has 0 fully saturated rings. The van der Waals surface area contributed by atoms with Gasteiger partial charge >= 0.3 is 0 Å². The predicted molar refractivity (Wildman–Crippen MR) is 126 cm³/mol. The Morgan fingerprint density at radius 2 is 1.97 bits per heavy atom. The zero-order valence-corrected chi connectivity index (χ0v) is 19.5. The number of hydrogen-bond acceptors (Lipinski definition) is 5. The maximum absolute atomic E-state index is 12.3. The van der Waals surface area contributed by atoms with Crippen LogP contribution in [0.3, 0.4) is 0 Å². The minimum absolute atomic E-state index is 0.160. The van der Waals surface area contributed by atoms with Crippen LogP contribution in [0.1, 0.15) is 17.0 Å². The van der Waals surface area contributed by atoms with E-state index in [1.807, 2.05) is 29.7 Å². The van der Waals surface area contributed by atoms with E-state index in [9.17, 15) is 4.79 Å². The third-order valence-electron chi connectivity index (χ3n) is 4.49. The Labute approximate surface area is 195 Å². The number of thioether (sulfide) groups is 1. The SMILES string of the molecule is C=CCn1c(COc2ccc(C)c(C)c2)nnc1SCC(=O)Nc1ccc(Cl)c(Cl)c1. The van der Waals surface area contributed by atoms with Crippen LogP contribution in [0.4, 0.5) is 5.69 Å². The monoisotopic (exact) mass is 476 g/mol. The Hall–Kier alpha value is -2.48. The van der Waals surface area contributed by atoms with Gasteiger partial charge < -0.3 is 10.1 Å². The molecule has 0 aliphatic rings. The lowest BCUT2D eigenvalue weighted by molar-refractivity contribution is -0.113. The molecule has 0 aliphatic carbocycles. The minimum Gasteiger partial charge on any atom is -0.486 e. The van der Waals surface area contributed by atoms with E-state index in [1.165, 1.54) is 17.3 Å². The quantitative estimate of drug-likeness (QED) is 0.316. The molecule has 6 nitrogen and oxygen atoms in total. The molecule has 3 aromatic rings. The molecule has 162 valence electrons. The maximum Gasteiger partial charge on any atom is 0.234 e. The number of benzene rings is 2. The first-order chi connectivity index (χ1) is 14.9. The number of ether oxygens (including phenoxy) is 1. The second kappa shape index (κ2) is 10.7. The van der Waals surface area contributed by atoms with E-state index in [2.05, 4.69) is 29.0 Å². The van der Waals surface area contributed by atoms with Gasteiger partial charge in [-0.2, -0.15) is 0 Å². The average Bonchev–Trinajstić information content (AvgIpc) is 3.12. The first-order valence-electron chi connectivity index (χ1n) is 9.48. The van der Waals surface area contributed by atoms with Crippen LogP contribution < -0.4 is 10.1 Å². The van der Waals surface area contributed by atoms with Crippen molar-refractivity contribution < 1.29 is 9.53 Å². The lowest BCUT2D eigenvalue weighted by Crippen LogP contribution is -2.15. The van der Waals surface area contributed by atoms with Gasteiger partial charge in [-0.05, 0) is 55.3 Å². The number of nitrogens with one attached hydrogen (secondary N) is 1. The van der Waals surface area contributed by atoms with Crippen LogP contribution in [0.25, 0.3) is 0 Å². The van der Waals surface area contributed by atoms with Crippen molar-refractivity contribution in [1.82, 2.24) is 14.8 Å². The number of hydrogen-bond donors (Lipinski definition) is 1. The highest BCUT2D eigenvalue weighted by atomic mass is 35.5. The number of rotatable bonds is 9. The number of nitrogens with zero attached hydrogens (tertiary/aromatic N) is 3. The van der Waals surface area contributed by atoms with Gasteiger partial charge in [0.05, 0.1) is 15.8 Å². The molecule has 9 heteroatoms. The third kappa shape index (κ3) is 6.26. The zero-order chi connectivity index (χ0) is 22.4. The smallest absolute Gasteiger partial charge is 0.234 e. The number of amides is 1. The molecule has 31 heavy (non-hydrogen) atoms. The zero-order valence-electron chi connectivity index (χ0n) is 17.2. The van der Waals surface area contributed by atoms with Gasteiger partial charge in [0.1, 0.15) is 12.4 Å². The van der Waals surface area contributed by atoms with Gasteiger partial charge in [0.15, 0.2) is 11.0 Å². The number of halogens is 2. The number of aromatic nitrogens is 3. The topological polar surface area (TPSA) is 69.0 Å². The fraction of sp³-hybridized carbons (Fsp3) is 0.227. The van der Waals surface area contributed by atoms with Crippen molar-refractivity contribution in [1.29, 1.82) is 0 Å². The second-order valence-electron chi connectivity index (χ2n) is 6.80. The summed E-state index contributed by atoms with van der Waals surface area (Å²) in [6, 6.07) is 10.9. The number of carbonyl (C=O) groups is 1. The molecule has 1 aromatic heterocycles. The summed E-state index contributed by atoms with van der Waals surface area (Å²) >= 11 is 13.2. The summed E-state index contributed by atoms with van der Waals surface area (Å²) in [4.78, 5) is 12.3. The van der Waals surface area contributed by atoms with E-state index in [4.69, 9.17) is 27.9 Å². The van der Waals surface area contributed by atoms with Gasteiger partial charge in [0, 0.05) is 12.2 Å². The predicted octanol–water partition coefficient (Wildman–Crippen LogP) is 5.70. The number of anilines is 1. The van der Waals surface area contributed by atoms with Gasteiger partial charge in [-0.1, -0.05) is 47.1 Å². The van der Waals surface area contributed by atoms with Crippen molar-refractivity contribution in [3.63, 3.8) is 0 Å². The molecule has 1 heterocycles. The van der Waals surface area contributed by atoms with Gasteiger partial charge in [0.25, 0.3) is 0 Å². The third-order valence-corrected chi connectivity index (χ3v) is 6.19. The molecule has 0 unspecified atom stereocenters. The highest BCUT2D eigenvalue weighted by molar-refractivity contribution is 7.99. The van der Waals surface area contributed by atoms with Gasteiger partial charge in [-0.3, -0.25) is 9.36 Å². The molecule has 1 N–H and O–H groups in total. The first-order valence-corrected chi connectivity index (χ1v) is 11.2. The Morgan fingerprint density at radius 3 is 2.68 bits per heavy atom. The molecule has 0 saturated carbocycles. The normalized spacial score (nSPS) is 10.7. The fourth-order valence-electron chi connectivity index (χ4n) is 2.70. The Kier molecular flexibility index (Phi) is 8.01. The number of allylic oxidation sites excluding steroid dienone is 1. The summed E-state index contributed by atoms with van der Waals surface area (Å²) in [5, 5.41) is 12.7. The summed E-state index contributed by atoms with van der Waals surface area (Å²) < 4.78 is 7.76. The lowest BCUT2D eigenvalue weighted by atomic mass is 10.1. The molecule has 0 spiro atoms. The summed E-state index contributed by atoms with van der Waals surface area (Å²) in [6.45, 7) is 8.67. The van der Waals surface area contributed by atoms with Crippen LogP contribution in [0, 0.1) is 13.8 Å². The first kappa shape index (κ1) is 23.2. The van der Waals surface area contributed by atoms with Crippen molar-refractivity contribution >= 4 is 46.6 Å². The highest BCUT2D eigenvalue weighted by Gasteiger charge is 2.14. The van der Waals surface area contributed by atoms with E-state index in [0.29, 0.717) is 33.3 Å². The Bertz CT molecular complexity index is 1100. The fourth-order valence-corrected chi connectivity index (χ4v) is 3.76. The summed E-state index contributed by atoms with van der Waals surface area (Å²) in [7, 11) is 0. The van der Waals surface area contributed by atoms with Crippen molar-refractivity contribution in [3.8, 4) is 5.75 Å². The van der Waals surface area contributed by atoms with Crippen LogP contribution in [0.5, 0.6) is 5.75 Å². The van der Waals surface area contributed by atoms with Crippen LogP contribution in [-0.2, 0) is 17.9 Å². The number of aryl methyl sites for hydroxylation is 2. The van der Waals surface area contributed by atoms with Crippen molar-refractivity contribution in [2.45, 2.75) is 32.2 Å². The van der Waals surface area contributed by atoms with E-state index < -0.39 is 0 Å². The average molecular weight is 477 g/mol. The Balaban J connectivity index is 1.62. The standard InChI is InChI=1S/C22H22Cl2N4O2S/c1-4-9-28-20(12-30-17-7-5-14(2)15(3)10-17)26-27-22(28)31-13-21(29)25-16-6-8-18(23)19(24)11-16/h4-8,10-11H,1,9,12-13H2,2-3H3,(H,25,29). The molecular weight excluding hydrogens is 455 g/mol. The summed E-state index contributed by atoms with van der Waals surface area (Å²) in [5.41, 5.74) is 2.95. The van der Waals surface area contributed by atoms with E-state index in [0.717, 1.165) is 11.3 Å². The van der Waals surface area contributed by atoms with E-state index >= 15 is 0 Å². The largest absolute Gasteiger partial charge is 0.486 e. The van der Waals surface area contributed by atoms with Crippen LogP contribution in [0.2, 0.25) is 10.0 Å². The summed E-state index contributed by atoms with van der Waals surface area (Å²) in [5.74, 6) is 1.40. The minimum atomic E-state index is -0.190. The number of carbonyl (C=O) groups excluding carboxylic acids is 1. The van der Waals surface area contributed by atoms with Crippen molar-refractivity contribution in [2.75, 3.05) is 11.1 Å². The maximum atomic E-state index is 12.3. The van der Waals surface area contributed by atoms with Gasteiger partial charge in [-0.25, -0.2) is 0 Å². The molecule has 0 aliphatic heterocycles. The summed E-state index contributed by atoms with van der Waals surface area (Å²) in [6.07, 6.45) is 1.75. The van der Waals surface area contributed by atoms with Gasteiger partial charge in [0.2, 0.25) is 5.91 Å². The molecule has 0 atom stereocenters. The van der Waals surface area contributed by atoms with Crippen LogP contribution in [-0.4, -0.2) is 26.4 Å². The van der Waals surface area contributed by atoms with Crippen LogP contribution in [0.15, 0.2) is 54.2 Å². The van der Waals surface area contributed by atoms with Crippen LogP contribution >= 0.6 is 35.0 Å². The molecule has 0 radical (unpaired) electrons. The molecule has 0 bridgehead atoms. The molecule has 1 amide bonds. The molecule has 2 aromatic carbocycles. The highest BCUT2D eigenvalue weighted by Crippen LogP contribution is 2.25. The molecular formula is C22H22Cl2N4O2S. The van der Waals surface area contributed by atoms with Crippen molar-refractivity contribution in [3.05, 3.63) is 76.0 Å². The second-order valence-corrected chi connectivity index (χ2v) is 8.56. The molecule has 3 rings (SSSR count). The Morgan fingerprint density at radius 1 is 1.16 bits per heavy atom. The lowest BCUT2D eigenvalue weighted by Gasteiger charge is -2.10.